The van der Waals surface area contributed by atoms with Crippen LogP contribution in [0.15, 0.2) is 48.5 Å². The van der Waals surface area contributed by atoms with Crippen molar-refractivity contribution in [3.8, 4) is 5.75 Å². The Morgan fingerprint density at radius 2 is 1.86 bits per heavy atom. The highest BCUT2D eigenvalue weighted by Crippen LogP contribution is 2.18. The first-order chi connectivity index (χ1) is 13.7. The number of methoxy groups -OCH3 is 1. The van der Waals surface area contributed by atoms with Gasteiger partial charge < -0.3 is 14.4 Å². The molecule has 1 fully saturated rings. The van der Waals surface area contributed by atoms with Gasteiger partial charge in [-0.3, -0.25) is 9.69 Å². The van der Waals surface area contributed by atoms with Crippen molar-refractivity contribution in [3.63, 3.8) is 0 Å². The smallest absolute Gasteiger partial charge is 0.227 e. The second-order valence-electron chi connectivity index (χ2n) is 6.89. The summed E-state index contributed by atoms with van der Waals surface area (Å²) in [5.41, 5.74) is 1.94. The maximum absolute atomic E-state index is 13.1. The van der Waals surface area contributed by atoms with Crippen LogP contribution in [-0.4, -0.2) is 62.2 Å². The molecular weight excluding hydrogens is 376 g/mol. The Balaban J connectivity index is 1.67. The zero-order chi connectivity index (χ0) is 19.8. The largest absolute Gasteiger partial charge is 0.497 e. The molecule has 1 amide bonds. The van der Waals surface area contributed by atoms with Gasteiger partial charge in [0.25, 0.3) is 0 Å². The van der Waals surface area contributed by atoms with Gasteiger partial charge in [0, 0.05) is 37.7 Å². The van der Waals surface area contributed by atoms with E-state index in [1.54, 1.807) is 7.11 Å². The molecule has 0 aromatic heterocycles. The Bertz CT molecular complexity index is 761. The van der Waals surface area contributed by atoms with Crippen molar-refractivity contribution in [2.45, 2.75) is 13.0 Å². The number of rotatable bonds is 8. The van der Waals surface area contributed by atoms with Gasteiger partial charge in [0.2, 0.25) is 5.91 Å². The fourth-order valence-corrected chi connectivity index (χ4v) is 3.44. The van der Waals surface area contributed by atoms with Crippen LogP contribution in [0.3, 0.4) is 0 Å². The van der Waals surface area contributed by atoms with Crippen molar-refractivity contribution in [2.75, 3.05) is 46.5 Å². The van der Waals surface area contributed by atoms with Gasteiger partial charge in [-0.25, -0.2) is 0 Å². The van der Waals surface area contributed by atoms with Crippen LogP contribution in [0.2, 0.25) is 5.02 Å². The van der Waals surface area contributed by atoms with E-state index >= 15 is 0 Å². The number of benzene rings is 2. The van der Waals surface area contributed by atoms with Crippen LogP contribution in [0.25, 0.3) is 0 Å². The van der Waals surface area contributed by atoms with E-state index in [9.17, 15) is 4.79 Å². The zero-order valence-corrected chi connectivity index (χ0v) is 17.0. The van der Waals surface area contributed by atoms with Crippen molar-refractivity contribution >= 4 is 17.5 Å². The normalized spacial score (nSPS) is 14.6. The molecule has 0 radical (unpaired) electrons. The molecule has 0 N–H and O–H groups in total. The molecule has 6 heteroatoms. The minimum atomic E-state index is 0.0957. The number of amides is 1. The molecule has 1 heterocycles. The number of hydrogen-bond acceptors (Lipinski definition) is 4. The first-order valence-corrected chi connectivity index (χ1v) is 9.97. The van der Waals surface area contributed by atoms with Gasteiger partial charge in [-0.15, -0.1) is 0 Å². The highest BCUT2D eigenvalue weighted by Gasteiger charge is 2.18. The van der Waals surface area contributed by atoms with Crippen molar-refractivity contribution in [1.29, 1.82) is 0 Å². The topological polar surface area (TPSA) is 42.0 Å². The quantitative estimate of drug-likeness (QED) is 0.679. The third kappa shape index (κ3) is 5.96. The van der Waals surface area contributed by atoms with E-state index in [4.69, 9.17) is 21.1 Å². The molecule has 2 aromatic rings. The lowest BCUT2D eigenvalue weighted by molar-refractivity contribution is -0.131. The van der Waals surface area contributed by atoms with E-state index < -0.39 is 0 Å². The first-order valence-electron chi connectivity index (χ1n) is 9.60. The lowest BCUT2D eigenvalue weighted by Gasteiger charge is -2.30. The number of nitrogens with zero attached hydrogens (tertiary/aromatic N) is 2. The van der Waals surface area contributed by atoms with Crippen LogP contribution in [0.1, 0.15) is 11.1 Å². The van der Waals surface area contributed by atoms with Gasteiger partial charge >= 0.3 is 0 Å². The van der Waals surface area contributed by atoms with Crippen molar-refractivity contribution in [3.05, 3.63) is 64.7 Å². The molecule has 0 bridgehead atoms. The number of ether oxygens (including phenoxy) is 2. The van der Waals surface area contributed by atoms with E-state index in [-0.39, 0.29) is 5.91 Å². The Morgan fingerprint density at radius 3 is 2.54 bits per heavy atom. The average Bonchev–Trinajstić information content (AvgIpc) is 2.73. The number of morpholine rings is 1. The van der Waals surface area contributed by atoms with E-state index in [0.717, 1.165) is 49.7 Å². The monoisotopic (exact) mass is 402 g/mol. The molecule has 1 saturated heterocycles. The summed E-state index contributed by atoms with van der Waals surface area (Å²) in [5.74, 6) is 0.884. The average molecular weight is 403 g/mol. The molecule has 0 unspecified atom stereocenters. The summed E-state index contributed by atoms with van der Waals surface area (Å²) in [6.45, 7) is 5.34. The van der Waals surface area contributed by atoms with Gasteiger partial charge in [-0.1, -0.05) is 41.9 Å². The molecule has 0 aliphatic carbocycles. The van der Waals surface area contributed by atoms with Crippen molar-refractivity contribution < 1.29 is 14.3 Å². The third-order valence-corrected chi connectivity index (χ3v) is 5.34. The van der Waals surface area contributed by atoms with E-state index in [1.165, 1.54) is 0 Å². The van der Waals surface area contributed by atoms with E-state index in [2.05, 4.69) is 4.90 Å². The Kier molecular flexibility index (Phi) is 7.71. The van der Waals surface area contributed by atoms with Crippen molar-refractivity contribution in [2.24, 2.45) is 0 Å². The predicted molar refractivity (Wildman–Crippen MR) is 111 cm³/mol. The molecule has 150 valence electrons. The number of carbonyl (C=O) groups is 1. The lowest BCUT2D eigenvalue weighted by atomic mass is 10.1. The van der Waals surface area contributed by atoms with Crippen LogP contribution >= 0.6 is 11.6 Å². The summed E-state index contributed by atoms with van der Waals surface area (Å²) in [5, 5.41) is 0.691. The molecule has 3 rings (SSSR count). The number of halogens is 1. The second-order valence-corrected chi connectivity index (χ2v) is 7.29. The molecule has 5 nitrogen and oxygen atoms in total. The summed E-state index contributed by atoms with van der Waals surface area (Å²) in [4.78, 5) is 17.3. The van der Waals surface area contributed by atoms with Crippen LogP contribution in [0, 0.1) is 0 Å². The van der Waals surface area contributed by atoms with Crippen molar-refractivity contribution in [1.82, 2.24) is 9.80 Å². The minimum absolute atomic E-state index is 0.0957. The molecule has 1 aliphatic rings. The maximum atomic E-state index is 13.1. The van der Waals surface area contributed by atoms with E-state index in [1.807, 2.05) is 53.4 Å². The van der Waals surface area contributed by atoms with Gasteiger partial charge in [-0.2, -0.15) is 0 Å². The van der Waals surface area contributed by atoms with Gasteiger partial charge in [0.15, 0.2) is 0 Å². The van der Waals surface area contributed by atoms with Crippen LogP contribution < -0.4 is 4.74 Å². The van der Waals surface area contributed by atoms with E-state index in [0.29, 0.717) is 24.5 Å². The summed E-state index contributed by atoms with van der Waals surface area (Å²) in [6.07, 6.45) is 0.359. The molecule has 28 heavy (non-hydrogen) atoms. The Labute approximate surface area is 171 Å². The molecule has 0 spiro atoms. The molecule has 2 aromatic carbocycles. The Hall–Kier alpha value is -2.08. The number of hydrogen-bond donors (Lipinski definition) is 0. The standard InChI is InChI=1S/C22H27ClN2O3/c1-27-20-8-6-18(7-9-20)16-22(26)25(11-10-24-12-14-28-15-13-24)17-19-4-2-3-5-21(19)23/h2-9H,10-17H2,1H3. The third-order valence-electron chi connectivity index (χ3n) is 4.98. The van der Waals surface area contributed by atoms with Gasteiger partial charge in [0.05, 0.1) is 26.7 Å². The molecule has 0 saturated carbocycles. The fourth-order valence-electron chi connectivity index (χ4n) is 3.24. The van der Waals surface area contributed by atoms with Gasteiger partial charge in [0.1, 0.15) is 5.75 Å². The van der Waals surface area contributed by atoms with Crippen LogP contribution in [0.4, 0.5) is 0 Å². The zero-order valence-electron chi connectivity index (χ0n) is 16.3. The predicted octanol–water partition coefficient (Wildman–Crippen LogP) is 3.25. The maximum Gasteiger partial charge on any atom is 0.227 e. The molecule has 0 atom stereocenters. The fraction of sp³-hybridized carbons (Fsp3) is 0.409. The van der Waals surface area contributed by atoms with Crippen LogP contribution in [0.5, 0.6) is 5.75 Å². The summed E-state index contributed by atoms with van der Waals surface area (Å²) < 4.78 is 10.6. The summed E-state index contributed by atoms with van der Waals surface area (Å²) in [7, 11) is 1.64. The first kappa shape index (κ1) is 20.6. The molecule has 1 aliphatic heterocycles. The molecular formula is C22H27ClN2O3. The summed E-state index contributed by atoms with van der Waals surface area (Å²) >= 11 is 6.34. The highest BCUT2D eigenvalue weighted by molar-refractivity contribution is 6.31. The highest BCUT2D eigenvalue weighted by atomic mass is 35.5. The SMILES string of the molecule is COc1ccc(CC(=O)N(CCN2CCOCC2)Cc2ccccc2Cl)cc1. The summed E-state index contributed by atoms with van der Waals surface area (Å²) in [6, 6.07) is 15.3. The second kappa shape index (κ2) is 10.5. The lowest BCUT2D eigenvalue weighted by Crippen LogP contribution is -2.43. The Morgan fingerprint density at radius 1 is 1.14 bits per heavy atom. The van der Waals surface area contributed by atoms with Gasteiger partial charge in [-0.05, 0) is 29.3 Å². The van der Waals surface area contributed by atoms with Crippen LogP contribution in [-0.2, 0) is 22.5 Å². The minimum Gasteiger partial charge on any atom is -0.497 e. The number of carbonyl (C=O) groups excluding carboxylic acids is 1.